The molecule has 2 aliphatic heterocycles. The van der Waals surface area contributed by atoms with E-state index in [0.717, 1.165) is 19.5 Å². The highest BCUT2D eigenvalue weighted by molar-refractivity contribution is 5.77. The van der Waals surface area contributed by atoms with Gasteiger partial charge in [0.25, 0.3) is 0 Å². The van der Waals surface area contributed by atoms with Crippen molar-refractivity contribution >= 4 is 5.91 Å². The maximum Gasteiger partial charge on any atom is 0.225 e. The summed E-state index contributed by atoms with van der Waals surface area (Å²) >= 11 is 0. The first-order chi connectivity index (χ1) is 9.63. The van der Waals surface area contributed by atoms with Crippen molar-refractivity contribution in [1.82, 2.24) is 9.80 Å². The molecule has 0 aromatic rings. The second-order valence-electron chi connectivity index (χ2n) is 6.30. The zero-order valence-corrected chi connectivity index (χ0v) is 13.3. The first-order valence-electron chi connectivity index (χ1n) is 8.28. The molecule has 0 aliphatic carbocycles. The van der Waals surface area contributed by atoms with E-state index in [1.165, 1.54) is 25.8 Å². The summed E-state index contributed by atoms with van der Waals surface area (Å²) in [5, 5.41) is 0. The van der Waals surface area contributed by atoms with Gasteiger partial charge in [0.1, 0.15) is 0 Å². The molecular formula is C16H30N2O2. The number of nitrogens with zero attached hydrogens (tertiary/aromatic N) is 2. The summed E-state index contributed by atoms with van der Waals surface area (Å²) in [5.41, 5.74) is 0. The van der Waals surface area contributed by atoms with E-state index in [0.29, 0.717) is 25.1 Å². The number of hydrogen-bond acceptors (Lipinski definition) is 3. The minimum atomic E-state index is 0.211. The number of likely N-dealkylation sites (N-methyl/N-ethyl adjacent to an activating group) is 1. The van der Waals surface area contributed by atoms with Crippen LogP contribution in [-0.4, -0.2) is 60.1 Å². The van der Waals surface area contributed by atoms with Gasteiger partial charge in [0.2, 0.25) is 5.91 Å². The van der Waals surface area contributed by atoms with E-state index in [1.807, 2.05) is 13.8 Å². The standard InChI is InChI=1S/C16H30N2O2/c1-4-17-10-5-7-14(17)15-8-6-11-18(15)16(19)9-12-20-13(2)3/h13-15H,4-12H2,1-3H3. The predicted octanol–water partition coefficient (Wildman–Crippen LogP) is 2.28. The van der Waals surface area contributed by atoms with Gasteiger partial charge in [0, 0.05) is 18.6 Å². The molecule has 0 N–H and O–H groups in total. The van der Waals surface area contributed by atoms with Crippen LogP contribution >= 0.6 is 0 Å². The second kappa shape index (κ2) is 7.41. The molecular weight excluding hydrogens is 252 g/mol. The third-order valence-electron chi connectivity index (χ3n) is 4.65. The lowest BCUT2D eigenvalue weighted by Gasteiger charge is -2.34. The molecule has 20 heavy (non-hydrogen) atoms. The molecule has 0 aromatic heterocycles. The van der Waals surface area contributed by atoms with E-state index < -0.39 is 0 Å². The van der Waals surface area contributed by atoms with Crippen molar-refractivity contribution in [3.8, 4) is 0 Å². The number of carbonyl (C=O) groups excluding carboxylic acids is 1. The minimum Gasteiger partial charge on any atom is -0.378 e. The summed E-state index contributed by atoms with van der Waals surface area (Å²) in [5.74, 6) is 0.288. The van der Waals surface area contributed by atoms with Crippen molar-refractivity contribution in [3.05, 3.63) is 0 Å². The van der Waals surface area contributed by atoms with Crippen LogP contribution in [-0.2, 0) is 9.53 Å². The molecule has 4 heteroatoms. The quantitative estimate of drug-likeness (QED) is 0.749. The Balaban J connectivity index is 1.88. The molecule has 0 aromatic carbocycles. The van der Waals surface area contributed by atoms with Crippen LogP contribution in [0.15, 0.2) is 0 Å². The summed E-state index contributed by atoms with van der Waals surface area (Å²) < 4.78 is 5.52. The SMILES string of the molecule is CCN1CCCC1C1CCCN1C(=O)CCOC(C)C. The smallest absolute Gasteiger partial charge is 0.225 e. The van der Waals surface area contributed by atoms with Gasteiger partial charge in [0.15, 0.2) is 0 Å². The fourth-order valence-corrected chi connectivity index (χ4v) is 3.71. The summed E-state index contributed by atoms with van der Waals surface area (Å²) in [6.07, 6.45) is 5.63. The topological polar surface area (TPSA) is 32.8 Å². The average molecular weight is 282 g/mol. The zero-order valence-electron chi connectivity index (χ0n) is 13.3. The first-order valence-corrected chi connectivity index (χ1v) is 8.28. The molecule has 0 saturated carbocycles. The second-order valence-corrected chi connectivity index (χ2v) is 6.30. The lowest BCUT2D eigenvalue weighted by atomic mass is 10.0. The van der Waals surface area contributed by atoms with Crippen molar-refractivity contribution in [3.63, 3.8) is 0 Å². The molecule has 2 fully saturated rings. The number of rotatable bonds is 6. The van der Waals surface area contributed by atoms with E-state index in [9.17, 15) is 4.79 Å². The van der Waals surface area contributed by atoms with Gasteiger partial charge in [-0.05, 0) is 52.6 Å². The lowest BCUT2D eigenvalue weighted by molar-refractivity contribution is -0.134. The van der Waals surface area contributed by atoms with Crippen molar-refractivity contribution in [2.45, 2.75) is 71.1 Å². The van der Waals surface area contributed by atoms with Crippen LogP contribution in [0.3, 0.4) is 0 Å². The van der Waals surface area contributed by atoms with Crippen LogP contribution < -0.4 is 0 Å². The molecule has 2 unspecified atom stereocenters. The third-order valence-corrected chi connectivity index (χ3v) is 4.65. The molecule has 2 heterocycles. The molecule has 2 saturated heterocycles. The van der Waals surface area contributed by atoms with Crippen LogP contribution in [0.2, 0.25) is 0 Å². The number of hydrogen-bond donors (Lipinski definition) is 0. The monoisotopic (exact) mass is 282 g/mol. The Morgan fingerprint density at radius 2 is 1.90 bits per heavy atom. The van der Waals surface area contributed by atoms with Crippen LogP contribution in [0.25, 0.3) is 0 Å². The number of amides is 1. The lowest BCUT2D eigenvalue weighted by Crippen LogP contribution is -2.48. The van der Waals surface area contributed by atoms with Crippen LogP contribution in [0, 0.1) is 0 Å². The maximum absolute atomic E-state index is 12.4. The van der Waals surface area contributed by atoms with Gasteiger partial charge in [-0.15, -0.1) is 0 Å². The molecule has 116 valence electrons. The molecule has 2 atom stereocenters. The highest BCUT2D eigenvalue weighted by Crippen LogP contribution is 2.30. The van der Waals surface area contributed by atoms with Gasteiger partial charge in [-0.1, -0.05) is 6.92 Å². The van der Waals surface area contributed by atoms with Gasteiger partial charge >= 0.3 is 0 Å². The highest BCUT2D eigenvalue weighted by Gasteiger charge is 2.38. The fourth-order valence-electron chi connectivity index (χ4n) is 3.71. The molecule has 1 amide bonds. The first kappa shape index (κ1) is 15.8. The van der Waals surface area contributed by atoms with Crippen LogP contribution in [0.4, 0.5) is 0 Å². The number of likely N-dealkylation sites (tertiary alicyclic amines) is 2. The van der Waals surface area contributed by atoms with Crippen molar-refractivity contribution in [2.75, 3.05) is 26.2 Å². The maximum atomic E-state index is 12.4. The Morgan fingerprint density at radius 1 is 1.20 bits per heavy atom. The average Bonchev–Trinajstić information content (AvgIpc) is 3.06. The third kappa shape index (κ3) is 3.73. The number of carbonyl (C=O) groups is 1. The van der Waals surface area contributed by atoms with E-state index in [4.69, 9.17) is 4.74 Å². The zero-order chi connectivity index (χ0) is 14.5. The van der Waals surface area contributed by atoms with Gasteiger partial charge < -0.3 is 9.64 Å². The Kier molecular flexibility index (Phi) is 5.85. The summed E-state index contributed by atoms with van der Waals surface area (Å²) in [6, 6.07) is 1.04. The Morgan fingerprint density at radius 3 is 2.60 bits per heavy atom. The van der Waals surface area contributed by atoms with Crippen LogP contribution in [0.5, 0.6) is 0 Å². The van der Waals surface area contributed by atoms with Gasteiger partial charge in [-0.2, -0.15) is 0 Å². The van der Waals surface area contributed by atoms with E-state index in [2.05, 4.69) is 16.7 Å². The van der Waals surface area contributed by atoms with E-state index in [-0.39, 0.29) is 12.0 Å². The van der Waals surface area contributed by atoms with Crippen molar-refractivity contribution in [2.24, 2.45) is 0 Å². The summed E-state index contributed by atoms with van der Waals surface area (Å²) in [4.78, 5) is 17.1. The van der Waals surface area contributed by atoms with Gasteiger partial charge in [-0.25, -0.2) is 0 Å². The van der Waals surface area contributed by atoms with E-state index >= 15 is 0 Å². The predicted molar refractivity (Wildman–Crippen MR) is 80.7 cm³/mol. The van der Waals surface area contributed by atoms with Gasteiger partial charge in [0.05, 0.1) is 19.1 Å². The molecule has 0 radical (unpaired) electrons. The molecule has 0 bridgehead atoms. The molecule has 4 nitrogen and oxygen atoms in total. The Labute approximate surface area is 123 Å². The van der Waals surface area contributed by atoms with Gasteiger partial charge in [-0.3, -0.25) is 9.69 Å². The number of ether oxygens (including phenoxy) is 1. The Bertz CT molecular complexity index is 320. The fraction of sp³-hybridized carbons (Fsp3) is 0.938. The molecule has 2 aliphatic rings. The minimum absolute atomic E-state index is 0.211. The Hall–Kier alpha value is -0.610. The highest BCUT2D eigenvalue weighted by atomic mass is 16.5. The summed E-state index contributed by atoms with van der Waals surface area (Å²) in [7, 11) is 0. The molecule has 0 spiro atoms. The van der Waals surface area contributed by atoms with Crippen molar-refractivity contribution in [1.29, 1.82) is 0 Å². The summed E-state index contributed by atoms with van der Waals surface area (Å²) in [6.45, 7) is 10.1. The van der Waals surface area contributed by atoms with Crippen molar-refractivity contribution < 1.29 is 9.53 Å². The van der Waals surface area contributed by atoms with Crippen LogP contribution in [0.1, 0.15) is 52.9 Å². The molecule has 2 rings (SSSR count). The van der Waals surface area contributed by atoms with E-state index in [1.54, 1.807) is 0 Å². The normalized spacial score (nSPS) is 27.7. The largest absolute Gasteiger partial charge is 0.378 e.